The molecule has 2 heterocycles. The maximum absolute atomic E-state index is 11.8. The number of aromatic nitrogens is 2. The molecule has 0 aliphatic rings. The maximum atomic E-state index is 11.8. The van der Waals surface area contributed by atoms with Crippen LogP contribution in [0.3, 0.4) is 0 Å². The second-order valence-corrected chi connectivity index (χ2v) is 5.22. The van der Waals surface area contributed by atoms with Crippen molar-refractivity contribution < 1.29 is 9.21 Å². The molecule has 0 fully saturated rings. The van der Waals surface area contributed by atoms with E-state index in [-0.39, 0.29) is 12.5 Å². The molecular weight excluding hydrogens is 302 g/mol. The summed E-state index contributed by atoms with van der Waals surface area (Å²) in [4.78, 5) is 15.7. The average molecular weight is 316 g/mol. The lowest BCUT2D eigenvalue weighted by molar-refractivity contribution is -0.121. The molecule has 0 radical (unpaired) electrons. The van der Waals surface area contributed by atoms with E-state index in [4.69, 9.17) is 16.0 Å². The topological polar surface area (TPSA) is 60.1 Å². The summed E-state index contributed by atoms with van der Waals surface area (Å²) in [5, 5.41) is 3.49. The minimum Gasteiger partial charge on any atom is -0.459 e. The van der Waals surface area contributed by atoms with E-state index >= 15 is 0 Å². The first-order valence-corrected chi connectivity index (χ1v) is 7.15. The fraction of sp³-hybridized carbons (Fsp3) is 0.125. The number of hydrogen-bond donors (Lipinski definition) is 1. The molecule has 0 aliphatic heterocycles. The summed E-state index contributed by atoms with van der Waals surface area (Å²) in [7, 11) is 0. The largest absolute Gasteiger partial charge is 0.459 e. The molecule has 3 rings (SSSR count). The molecule has 1 N–H and O–H groups in total. The minimum absolute atomic E-state index is 0.0950. The number of carbonyl (C=O) groups is 1. The predicted octanol–water partition coefficient (Wildman–Crippen LogP) is 3.11. The highest BCUT2D eigenvalue weighted by molar-refractivity contribution is 6.30. The van der Waals surface area contributed by atoms with Gasteiger partial charge in [-0.1, -0.05) is 11.6 Å². The van der Waals surface area contributed by atoms with Crippen LogP contribution in [-0.2, 0) is 17.9 Å². The van der Waals surface area contributed by atoms with Crippen LogP contribution in [0.15, 0.2) is 59.5 Å². The van der Waals surface area contributed by atoms with E-state index in [9.17, 15) is 4.79 Å². The Balaban J connectivity index is 1.57. The molecule has 1 amide bonds. The summed E-state index contributed by atoms with van der Waals surface area (Å²) in [6, 6.07) is 11.1. The van der Waals surface area contributed by atoms with Crippen molar-refractivity contribution in [1.29, 1.82) is 0 Å². The fourth-order valence-corrected chi connectivity index (χ4v) is 2.16. The Labute approximate surface area is 132 Å². The van der Waals surface area contributed by atoms with Crippen molar-refractivity contribution in [2.75, 3.05) is 0 Å². The van der Waals surface area contributed by atoms with Crippen LogP contribution >= 0.6 is 11.6 Å². The van der Waals surface area contributed by atoms with Gasteiger partial charge in [0.15, 0.2) is 0 Å². The molecule has 0 bridgehead atoms. The van der Waals surface area contributed by atoms with Crippen LogP contribution in [-0.4, -0.2) is 15.5 Å². The molecule has 2 aromatic heterocycles. The number of amides is 1. The number of nitrogens with one attached hydrogen (secondary N) is 1. The van der Waals surface area contributed by atoms with Crippen LogP contribution in [0.5, 0.6) is 0 Å². The number of halogens is 1. The first-order chi connectivity index (χ1) is 10.7. The lowest BCUT2D eigenvalue weighted by Gasteiger charge is -2.04. The second-order valence-electron chi connectivity index (χ2n) is 4.78. The Morgan fingerprint density at radius 2 is 2.05 bits per heavy atom. The monoisotopic (exact) mass is 315 g/mol. The van der Waals surface area contributed by atoms with Crippen LogP contribution in [0, 0.1) is 0 Å². The molecule has 6 heteroatoms. The molecule has 3 aromatic rings. The van der Waals surface area contributed by atoms with Crippen molar-refractivity contribution in [3.63, 3.8) is 0 Å². The molecule has 5 nitrogen and oxygen atoms in total. The van der Waals surface area contributed by atoms with Crippen molar-refractivity contribution in [2.45, 2.75) is 13.1 Å². The fourth-order valence-electron chi connectivity index (χ4n) is 2.03. The van der Waals surface area contributed by atoms with Gasteiger partial charge in [-0.05, 0) is 36.4 Å². The molecule has 22 heavy (non-hydrogen) atoms. The van der Waals surface area contributed by atoms with Gasteiger partial charge in [-0.25, -0.2) is 4.98 Å². The Kier molecular flexibility index (Phi) is 4.25. The number of imidazole rings is 1. The Morgan fingerprint density at radius 3 is 2.77 bits per heavy atom. The van der Waals surface area contributed by atoms with E-state index in [0.717, 1.165) is 11.3 Å². The summed E-state index contributed by atoms with van der Waals surface area (Å²) >= 11 is 5.86. The normalized spacial score (nSPS) is 10.6. The van der Waals surface area contributed by atoms with E-state index < -0.39 is 0 Å². The molecule has 112 valence electrons. The molecule has 0 atom stereocenters. The predicted molar refractivity (Wildman–Crippen MR) is 83.2 cm³/mol. The molecule has 0 aliphatic carbocycles. The zero-order chi connectivity index (χ0) is 15.4. The van der Waals surface area contributed by atoms with Gasteiger partial charge >= 0.3 is 0 Å². The summed E-state index contributed by atoms with van der Waals surface area (Å²) in [5.74, 6) is 1.35. The smallest absolute Gasteiger partial charge is 0.240 e. The van der Waals surface area contributed by atoms with Gasteiger partial charge in [0.25, 0.3) is 0 Å². The first kappa shape index (κ1) is 14.4. The van der Waals surface area contributed by atoms with Crippen LogP contribution in [0.2, 0.25) is 5.02 Å². The third kappa shape index (κ3) is 3.56. The number of furan rings is 1. The van der Waals surface area contributed by atoms with E-state index in [2.05, 4.69) is 10.3 Å². The van der Waals surface area contributed by atoms with Crippen molar-refractivity contribution in [1.82, 2.24) is 14.9 Å². The highest BCUT2D eigenvalue weighted by Gasteiger charge is 2.07. The van der Waals surface area contributed by atoms with Gasteiger partial charge in [0.2, 0.25) is 5.91 Å². The highest BCUT2D eigenvalue weighted by Crippen LogP contribution is 2.23. The van der Waals surface area contributed by atoms with Crippen molar-refractivity contribution in [2.24, 2.45) is 0 Å². The number of rotatable bonds is 5. The highest BCUT2D eigenvalue weighted by atomic mass is 35.5. The molecular formula is C16H14ClN3O2. The van der Waals surface area contributed by atoms with Crippen LogP contribution in [0.25, 0.3) is 11.3 Å². The molecule has 0 saturated heterocycles. The van der Waals surface area contributed by atoms with Gasteiger partial charge in [0.05, 0.1) is 12.9 Å². The summed E-state index contributed by atoms with van der Waals surface area (Å²) in [6.45, 7) is 0.589. The third-order valence-electron chi connectivity index (χ3n) is 3.14. The molecule has 0 saturated carbocycles. The quantitative estimate of drug-likeness (QED) is 0.787. The summed E-state index contributed by atoms with van der Waals surface area (Å²) < 4.78 is 7.42. The van der Waals surface area contributed by atoms with Crippen LogP contribution in [0.1, 0.15) is 5.76 Å². The van der Waals surface area contributed by atoms with Crippen molar-refractivity contribution >= 4 is 17.5 Å². The van der Waals surface area contributed by atoms with Gasteiger partial charge in [0, 0.05) is 23.0 Å². The Morgan fingerprint density at radius 1 is 1.23 bits per heavy atom. The summed E-state index contributed by atoms with van der Waals surface area (Å²) in [6.07, 6.45) is 4.98. The molecule has 1 aromatic carbocycles. The van der Waals surface area contributed by atoms with Gasteiger partial charge in [-0.3, -0.25) is 4.79 Å². The third-order valence-corrected chi connectivity index (χ3v) is 3.39. The lowest BCUT2D eigenvalue weighted by Crippen LogP contribution is -2.26. The van der Waals surface area contributed by atoms with E-state index in [1.807, 2.05) is 36.4 Å². The summed E-state index contributed by atoms with van der Waals surface area (Å²) in [5.41, 5.74) is 0.945. The number of carbonyl (C=O) groups excluding carboxylic acids is 1. The van der Waals surface area contributed by atoms with E-state index in [1.165, 1.54) is 0 Å². The molecule has 0 spiro atoms. The van der Waals surface area contributed by atoms with Crippen molar-refractivity contribution in [3.8, 4) is 11.3 Å². The first-order valence-electron chi connectivity index (χ1n) is 6.78. The number of nitrogens with zero attached hydrogens (tertiary/aromatic N) is 2. The SMILES string of the molecule is O=C(Cn1ccnc1)NCc1ccc(-c2ccc(Cl)cc2)o1. The maximum Gasteiger partial charge on any atom is 0.240 e. The minimum atomic E-state index is -0.0950. The van der Waals surface area contributed by atoms with Crippen molar-refractivity contribution in [3.05, 3.63) is 65.9 Å². The van der Waals surface area contributed by atoms with E-state index in [1.54, 1.807) is 23.3 Å². The standard InChI is InChI=1S/C16H14ClN3O2/c17-13-3-1-12(2-4-13)15-6-5-14(22-15)9-19-16(21)10-20-8-7-18-11-20/h1-8,11H,9-10H2,(H,19,21). The zero-order valence-corrected chi connectivity index (χ0v) is 12.5. The van der Waals surface area contributed by atoms with Gasteiger partial charge in [0.1, 0.15) is 18.1 Å². The second kappa shape index (κ2) is 6.49. The van der Waals surface area contributed by atoms with Crippen LogP contribution in [0.4, 0.5) is 0 Å². The van der Waals surface area contributed by atoms with Crippen LogP contribution < -0.4 is 5.32 Å². The lowest BCUT2D eigenvalue weighted by atomic mass is 10.2. The Hall–Kier alpha value is -2.53. The van der Waals surface area contributed by atoms with Gasteiger partial charge in [-0.15, -0.1) is 0 Å². The average Bonchev–Trinajstić information content (AvgIpc) is 3.17. The van der Waals surface area contributed by atoms with Gasteiger partial charge < -0.3 is 14.3 Å². The molecule has 0 unspecified atom stereocenters. The number of hydrogen-bond acceptors (Lipinski definition) is 3. The van der Waals surface area contributed by atoms with E-state index in [0.29, 0.717) is 17.3 Å². The van der Waals surface area contributed by atoms with Gasteiger partial charge in [-0.2, -0.15) is 0 Å². The number of benzene rings is 1. The zero-order valence-electron chi connectivity index (χ0n) is 11.7. The Bertz CT molecular complexity index is 748.